The third-order valence-corrected chi connectivity index (χ3v) is 6.66. The SMILES string of the molecule is O=C(Nc1cccc(C(=O)NC2CCCCC2)c1)NC1CCS(=O)(=O)C1. The molecule has 2 fully saturated rings. The van der Waals surface area contributed by atoms with Gasteiger partial charge >= 0.3 is 6.03 Å². The van der Waals surface area contributed by atoms with E-state index in [0.717, 1.165) is 25.7 Å². The Bertz CT molecular complexity index is 772. The lowest BCUT2D eigenvalue weighted by molar-refractivity contribution is 0.0927. The van der Waals surface area contributed by atoms with Crippen molar-refractivity contribution in [2.75, 3.05) is 16.8 Å². The Kier molecular flexibility index (Phi) is 5.80. The van der Waals surface area contributed by atoms with E-state index in [1.165, 1.54) is 6.42 Å². The van der Waals surface area contributed by atoms with Crippen molar-refractivity contribution in [3.05, 3.63) is 29.8 Å². The van der Waals surface area contributed by atoms with Crippen molar-refractivity contribution >= 4 is 27.5 Å². The van der Waals surface area contributed by atoms with Crippen LogP contribution in [0.15, 0.2) is 24.3 Å². The van der Waals surface area contributed by atoms with Gasteiger partial charge in [-0.15, -0.1) is 0 Å². The first kappa shape index (κ1) is 18.7. The summed E-state index contributed by atoms with van der Waals surface area (Å²) in [5.41, 5.74) is 0.997. The molecule has 8 heteroatoms. The molecule has 3 amide bonds. The molecule has 1 aliphatic carbocycles. The van der Waals surface area contributed by atoms with Gasteiger partial charge in [0.15, 0.2) is 9.84 Å². The van der Waals surface area contributed by atoms with Gasteiger partial charge in [0.1, 0.15) is 0 Å². The van der Waals surface area contributed by atoms with Crippen molar-refractivity contribution in [1.82, 2.24) is 10.6 Å². The predicted octanol–water partition coefficient (Wildman–Crippen LogP) is 2.06. The molecule has 0 radical (unpaired) electrons. The number of urea groups is 1. The standard InChI is InChI=1S/C18H25N3O4S/c22-17(19-14-6-2-1-3-7-14)13-5-4-8-15(11-13)20-18(23)21-16-9-10-26(24,25)12-16/h4-5,8,11,14,16H,1-3,6-7,9-10,12H2,(H,19,22)(H2,20,21,23). The van der Waals surface area contributed by atoms with Crippen LogP contribution in [0, 0.1) is 0 Å². The molecule has 1 saturated heterocycles. The highest BCUT2D eigenvalue weighted by Crippen LogP contribution is 2.18. The topological polar surface area (TPSA) is 104 Å². The van der Waals surface area contributed by atoms with E-state index in [0.29, 0.717) is 17.7 Å². The number of rotatable bonds is 4. The smallest absolute Gasteiger partial charge is 0.319 e. The molecule has 7 nitrogen and oxygen atoms in total. The number of hydrogen-bond acceptors (Lipinski definition) is 4. The van der Waals surface area contributed by atoms with Gasteiger partial charge in [0, 0.05) is 23.3 Å². The van der Waals surface area contributed by atoms with Crippen LogP contribution in [-0.2, 0) is 9.84 Å². The lowest BCUT2D eigenvalue weighted by Gasteiger charge is -2.22. The van der Waals surface area contributed by atoms with Crippen molar-refractivity contribution in [3.63, 3.8) is 0 Å². The summed E-state index contributed by atoms with van der Waals surface area (Å²) in [4.78, 5) is 24.5. The van der Waals surface area contributed by atoms with Crippen LogP contribution in [0.3, 0.4) is 0 Å². The lowest BCUT2D eigenvalue weighted by atomic mass is 9.95. The van der Waals surface area contributed by atoms with Crippen molar-refractivity contribution in [1.29, 1.82) is 0 Å². The second-order valence-electron chi connectivity index (χ2n) is 7.09. The number of sulfone groups is 1. The second kappa shape index (κ2) is 8.07. The van der Waals surface area contributed by atoms with E-state index in [-0.39, 0.29) is 29.5 Å². The minimum Gasteiger partial charge on any atom is -0.349 e. The molecule has 3 rings (SSSR count). The Labute approximate surface area is 153 Å². The molecule has 1 saturated carbocycles. The maximum absolute atomic E-state index is 12.4. The van der Waals surface area contributed by atoms with Gasteiger partial charge in [0.2, 0.25) is 0 Å². The molecule has 1 unspecified atom stereocenters. The van der Waals surface area contributed by atoms with Gasteiger partial charge in [0.05, 0.1) is 11.5 Å². The first-order chi connectivity index (χ1) is 12.4. The van der Waals surface area contributed by atoms with Crippen molar-refractivity contribution in [2.24, 2.45) is 0 Å². The molecule has 3 N–H and O–H groups in total. The zero-order valence-electron chi connectivity index (χ0n) is 14.7. The van der Waals surface area contributed by atoms with Crippen molar-refractivity contribution < 1.29 is 18.0 Å². The summed E-state index contributed by atoms with van der Waals surface area (Å²) in [5, 5.41) is 8.39. The summed E-state index contributed by atoms with van der Waals surface area (Å²) in [6.07, 6.45) is 5.96. The van der Waals surface area contributed by atoms with E-state index in [9.17, 15) is 18.0 Å². The summed E-state index contributed by atoms with van der Waals surface area (Å²) in [5.74, 6) is -0.0539. The van der Waals surface area contributed by atoms with E-state index >= 15 is 0 Å². The molecule has 1 atom stereocenters. The molecular weight excluding hydrogens is 354 g/mol. The van der Waals surface area contributed by atoms with Crippen LogP contribution in [0.2, 0.25) is 0 Å². The average Bonchev–Trinajstić information content (AvgIpc) is 2.94. The van der Waals surface area contributed by atoms with Gasteiger partial charge in [0.25, 0.3) is 5.91 Å². The lowest BCUT2D eigenvalue weighted by Crippen LogP contribution is -2.38. The van der Waals surface area contributed by atoms with E-state index < -0.39 is 15.9 Å². The van der Waals surface area contributed by atoms with Crippen LogP contribution in [-0.4, -0.2) is 43.9 Å². The maximum Gasteiger partial charge on any atom is 0.319 e. The van der Waals surface area contributed by atoms with Gasteiger partial charge in [-0.2, -0.15) is 0 Å². The normalized spacial score (nSPS) is 22.5. The molecule has 0 spiro atoms. The Balaban J connectivity index is 1.54. The molecule has 0 bridgehead atoms. The molecule has 1 aliphatic heterocycles. The number of hydrogen-bond donors (Lipinski definition) is 3. The molecule has 1 aromatic carbocycles. The van der Waals surface area contributed by atoms with E-state index in [2.05, 4.69) is 16.0 Å². The third-order valence-electron chi connectivity index (χ3n) is 4.89. The Morgan fingerprint density at radius 1 is 0.962 bits per heavy atom. The molecule has 26 heavy (non-hydrogen) atoms. The molecule has 2 aliphatic rings. The zero-order chi connectivity index (χ0) is 18.6. The third kappa shape index (κ3) is 5.20. The number of carbonyl (C=O) groups excluding carboxylic acids is 2. The molecular formula is C18H25N3O4S. The Morgan fingerprint density at radius 2 is 1.73 bits per heavy atom. The Hall–Kier alpha value is -2.09. The van der Waals surface area contributed by atoms with Crippen LogP contribution >= 0.6 is 0 Å². The fourth-order valence-electron chi connectivity index (χ4n) is 3.52. The van der Waals surface area contributed by atoms with Crippen LogP contribution in [0.1, 0.15) is 48.9 Å². The monoisotopic (exact) mass is 379 g/mol. The van der Waals surface area contributed by atoms with Crippen molar-refractivity contribution in [2.45, 2.75) is 50.6 Å². The Morgan fingerprint density at radius 3 is 2.42 bits per heavy atom. The largest absolute Gasteiger partial charge is 0.349 e. The van der Waals surface area contributed by atoms with Crippen LogP contribution < -0.4 is 16.0 Å². The summed E-state index contributed by atoms with van der Waals surface area (Å²) >= 11 is 0. The van der Waals surface area contributed by atoms with E-state index in [4.69, 9.17) is 0 Å². The minimum atomic E-state index is -3.04. The van der Waals surface area contributed by atoms with Gasteiger partial charge in [-0.25, -0.2) is 13.2 Å². The fraction of sp³-hybridized carbons (Fsp3) is 0.556. The van der Waals surface area contributed by atoms with Gasteiger partial charge in [-0.1, -0.05) is 25.3 Å². The average molecular weight is 379 g/mol. The summed E-state index contributed by atoms with van der Waals surface area (Å²) < 4.78 is 22.9. The maximum atomic E-state index is 12.4. The van der Waals surface area contributed by atoms with E-state index in [1.54, 1.807) is 24.3 Å². The summed E-state index contributed by atoms with van der Waals surface area (Å²) in [7, 11) is -3.04. The molecule has 1 heterocycles. The van der Waals surface area contributed by atoms with Crippen molar-refractivity contribution in [3.8, 4) is 0 Å². The number of benzene rings is 1. The summed E-state index contributed by atoms with van der Waals surface area (Å²) in [6.45, 7) is 0. The number of carbonyl (C=O) groups is 2. The first-order valence-electron chi connectivity index (χ1n) is 9.10. The van der Waals surface area contributed by atoms with Gasteiger partial charge in [-0.05, 0) is 37.5 Å². The van der Waals surface area contributed by atoms with Gasteiger partial charge in [-0.3, -0.25) is 4.79 Å². The zero-order valence-corrected chi connectivity index (χ0v) is 15.5. The predicted molar refractivity (Wildman–Crippen MR) is 100.0 cm³/mol. The highest BCUT2D eigenvalue weighted by molar-refractivity contribution is 7.91. The minimum absolute atomic E-state index is 0.0236. The number of nitrogens with one attached hydrogen (secondary N) is 3. The van der Waals surface area contributed by atoms with Crippen LogP contribution in [0.25, 0.3) is 0 Å². The first-order valence-corrected chi connectivity index (χ1v) is 10.9. The fourth-order valence-corrected chi connectivity index (χ4v) is 5.19. The van der Waals surface area contributed by atoms with Crippen LogP contribution in [0.5, 0.6) is 0 Å². The van der Waals surface area contributed by atoms with Crippen LogP contribution in [0.4, 0.5) is 10.5 Å². The van der Waals surface area contributed by atoms with Gasteiger partial charge < -0.3 is 16.0 Å². The summed E-state index contributed by atoms with van der Waals surface area (Å²) in [6, 6.07) is 6.15. The number of anilines is 1. The molecule has 142 valence electrons. The highest BCUT2D eigenvalue weighted by Gasteiger charge is 2.28. The molecule has 0 aromatic heterocycles. The molecule has 1 aromatic rings. The highest BCUT2D eigenvalue weighted by atomic mass is 32.2. The second-order valence-corrected chi connectivity index (χ2v) is 9.32. The van der Waals surface area contributed by atoms with E-state index in [1.807, 2.05) is 0 Å². The quantitative estimate of drug-likeness (QED) is 0.745. The number of amides is 3.